The van der Waals surface area contributed by atoms with Crippen molar-refractivity contribution < 1.29 is 5.11 Å². The lowest BCUT2D eigenvalue weighted by molar-refractivity contribution is 0.0934. The fourth-order valence-electron chi connectivity index (χ4n) is 3.41. The molecule has 0 radical (unpaired) electrons. The molecule has 1 aromatic carbocycles. The van der Waals surface area contributed by atoms with Crippen LogP contribution in [0.1, 0.15) is 43.6 Å². The van der Waals surface area contributed by atoms with Crippen LogP contribution in [0.3, 0.4) is 0 Å². The molecule has 0 aromatic heterocycles. The molecule has 0 saturated heterocycles. The predicted octanol–water partition coefficient (Wildman–Crippen LogP) is 3.34. The standard InChI is InChI=1S/C15H20O/c16-13-8-4-7-12(9-13)15-10-14(15)11-5-2-1-3-6-11/h1-3,5-6,12-16H,4,7-10H2. The second-order valence-corrected chi connectivity index (χ2v) is 5.50. The van der Waals surface area contributed by atoms with Gasteiger partial charge in [-0.2, -0.15) is 0 Å². The Morgan fingerprint density at radius 2 is 1.81 bits per heavy atom. The van der Waals surface area contributed by atoms with Crippen molar-refractivity contribution >= 4 is 0 Å². The topological polar surface area (TPSA) is 20.2 Å². The van der Waals surface area contributed by atoms with E-state index >= 15 is 0 Å². The van der Waals surface area contributed by atoms with E-state index in [-0.39, 0.29) is 6.10 Å². The molecule has 0 aliphatic heterocycles. The van der Waals surface area contributed by atoms with Gasteiger partial charge in [-0.25, -0.2) is 0 Å². The van der Waals surface area contributed by atoms with Gasteiger partial charge in [-0.1, -0.05) is 36.8 Å². The van der Waals surface area contributed by atoms with Crippen LogP contribution in [-0.4, -0.2) is 11.2 Å². The van der Waals surface area contributed by atoms with Crippen LogP contribution in [0.2, 0.25) is 0 Å². The third kappa shape index (κ3) is 2.01. The molecular formula is C15H20O. The Morgan fingerprint density at radius 3 is 2.56 bits per heavy atom. The average Bonchev–Trinajstić information content (AvgIpc) is 3.10. The highest BCUT2D eigenvalue weighted by Gasteiger charge is 2.44. The van der Waals surface area contributed by atoms with E-state index in [1.165, 1.54) is 24.8 Å². The summed E-state index contributed by atoms with van der Waals surface area (Å²) in [5, 5.41) is 9.71. The van der Waals surface area contributed by atoms with Crippen LogP contribution in [0.4, 0.5) is 0 Å². The molecule has 86 valence electrons. The minimum Gasteiger partial charge on any atom is -0.393 e. The molecule has 2 fully saturated rings. The molecule has 1 N–H and O–H groups in total. The van der Waals surface area contributed by atoms with Gasteiger partial charge in [-0.3, -0.25) is 0 Å². The Balaban J connectivity index is 1.63. The van der Waals surface area contributed by atoms with Gasteiger partial charge in [-0.05, 0) is 49.0 Å². The number of benzene rings is 1. The van der Waals surface area contributed by atoms with Crippen LogP contribution in [0.25, 0.3) is 0 Å². The van der Waals surface area contributed by atoms with Crippen molar-refractivity contribution in [3.05, 3.63) is 35.9 Å². The molecular weight excluding hydrogens is 196 g/mol. The Kier molecular flexibility index (Phi) is 2.72. The monoisotopic (exact) mass is 216 g/mol. The highest BCUT2D eigenvalue weighted by molar-refractivity contribution is 5.26. The van der Waals surface area contributed by atoms with Crippen molar-refractivity contribution in [3.8, 4) is 0 Å². The highest BCUT2D eigenvalue weighted by atomic mass is 16.3. The number of aliphatic hydroxyl groups excluding tert-OH is 1. The highest BCUT2D eigenvalue weighted by Crippen LogP contribution is 2.55. The van der Waals surface area contributed by atoms with E-state index in [4.69, 9.17) is 0 Å². The van der Waals surface area contributed by atoms with Gasteiger partial charge in [0.05, 0.1) is 6.10 Å². The summed E-state index contributed by atoms with van der Waals surface area (Å²) < 4.78 is 0. The van der Waals surface area contributed by atoms with E-state index in [1.54, 1.807) is 0 Å². The van der Waals surface area contributed by atoms with Gasteiger partial charge in [0.25, 0.3) is 0 Å². The van der Waals surface area contributed by atoms with Crippen molar-refractivity contribution in [2.75, 3.05) is 0 Å². The molecule has 2 saturated carbocycles. The summed E-state index contributed by atoms with van der Waals surface area (Å²) in [6.45, 7) is 0. The van der Waals surface area contributed by atoms with Crippen LogP contribution in [-0.2, 0) is 0 Å². The Morgan fingerprint density at radius 1 is 1.00 bits per heavy atom. The second kappa shape index (κ2) is 4.21. The summed E-state index contributed by atoms with van der Waals surface area (Å²) in [4.78, 5) is 0. The van der Waals surface area contributed by atoms with E-state index in [0.717, 1.165) is 30.6 Å². The summed E-state index contributed by atoms with van der Waals surface area (Å²) in [7, 11) is 0. The maximum atomic E-state index is 9.71. The van der Waals surface area contributed by atoms with E-state index in [0.29, 0.717) is 0 Å². The van der Waals surface area contributed by atoms with Crippen molar-refractivity contribution in [2.24, 2.45) is 11.8 Å². The van der Waals surface area contributed by atoms with Crippen molar-refractivity contribution in [1.29, 1.82) is 0 Å². The molecule has 0 spiro atoms. The van der Waals surface area contributed by atoms with Crippen molar-refractivity contribution in [1.82, 2.24) is 0 Å². The zero-order chi connectivity index (χ0) is 11.0. The van der Waals surface area contributed by atoms with Gasteiger partial charge in [0.1, 0.15) is 0 Å². The minimum atomic E-state index is -0.0178. The Hall–Kier alpha value is -0.820. The summed E-state index contributed by atoms with van der Waals surface area (Å²) >= 11 is 0. The Bertz CT molecular complexity index is 346. The zero-order valence-corrected chi connectivity index (χ0v) is 9.68. The Labute approximate surface area is 97.5 Å². The van der Waals surface area contributed by atoms with Crippen LogP contribution in [0, 0.1) is 11.8 Å². The predicted molar refractivity (Wildman–Crippen MR) is 65.3 cm³/mol. The first kappa shape index (κ1) is 10.3. The average molecular weight is 216 g/mol. The van der Waals surface area contributed by atoms with Gasteiger partial charge in [0, 0.05) is 0 Å². The quantitative estimate of drug-likeness (QED) is 0.804. The molecule has 1 aromatic rings. The molecule has 3 rings (SSSR count). The molecule has 2 aliphatic carbocycles. The van der Waals surface area contributed by atoms with E-state index in [2.05, 4.69) is 30.3 Å². The SMILES string of the molecule is OC1CCCC(C2CC2c2ccccc2)C1. The number of hydrogen-bond donors (Lipinski definition) is 1. The first-order valence-corrected chi connectivity index (χ1v) is 6.57. The largest absolute Gasteiger partial charge is 0.393 e. The maximum absolute atomic E-state index is 9.71. The molecule has 1 heteroatoms. The van der Waals surface area contributed by atoms with Gasteiger partial charge >= 0.3 is 0 Å². The lowest BCUT2D eigenvalue weighted by Gasteiger charge is -2.26. The lowest BCUT2D eigenvalue weighted by atomic mass is 9.83. The van der Waals surface area contributed by atoms with Gasteiger partial charge in [0.15, 0.2) is 0 Å². The molecule has 0 heterocycles. The van der Waals surface area contributed by atoms with Crippen LogP contribution >= 0.6 is 0 Å². The summed E-state index contributed by atoms with van der Waals surface area (Å²) in [6, 6.07) is 10.9. The molecule has 4 unspecified atom stereocenters. The van der Waals surface area contributed by atoms with E-state index in [9.17, 15) is 5.11 Å². The number of aliphatic hydroxyl groups is 1. The van der Waals surface area contributed by atoms with Gasteiger partial charge < -0.3 is 5.11 Å². The second-order valence-electron chi connectivity index (χ2n) is 5.50. The van der Waals surface area contributed by atoms with Crippen LogP contribution in [0.15, 0.2) is 30.3 Å². The third-order valence-corrected chi connectivity index (χ3v) is 4.36. The van der Waals surface area contributed by atoms with E-state index in [1.807, 2.05) is 0 Å². The summed E-state index contributed by atoms with van der Waals surface area (Å²) in [5.41, 5.74) is 1.51. The normalized spacial score (nSPS) is 38.3. The summed E-state index contributed by atoms with van der Waals surface area (Å²) in [5.74, 6) is 2.43. The van der Waals surface area contributed by atoms with Crippen molar-refractivity contribution in [2.45, 2.75) is 44.1 Å². The van der Waals surface area contributed by atoms with E-state index < -0.39 is 0 Å². The number of rotatable bonds is 2. The van der Waals surface area contributed by atoms with Crippen molar-refractivity contribution in [3.63, 3.8) is 0 Å². The van der Waals surface area contributed by atoms with Crippen LogP contribution in [0.5, 0.6) is 0 Å². The van der Waals surface area contributed by atoms with Crippen LogP contribution < -0.4 is 0 Å². The maximum Gasteiger partial charge on any atom is 0.0543 e. The zero-order valence-electron chi connectivity index (χ0n) is 9.68. The first-order valence-electron chi connectivity index (χ1n) is 6.57. The first-order chi connectivity index (χ1) is 7.84. The molecule has 4 atom stereocenters. The van der Waals surface area contributed by atoms with Gasteiger partial charge in [-0.15, -0.1) is 0 Å². The smallest absolute Gasteiger partial charge is 0.0543 e. The number of hydrogen-bond acceptors (Lipinski definition) is 1. The molecule has 1 nitrogen and oxygen atoms in total. The third-order valence-electron chi connectivity index (χ3n) is 4.36. The lowest BCUT2D eigenvalue weighted by Crippen LogP contribution is -2.21. The minimum absolute atomic E-state index is 0.0178. The fraction of sp³-hybridized carbons (Fsp3) is 0.600. The fourth-order valence-corrected chi connectivity index (χ4v) is 3.41. The summed E-state index contributed by atoms with van der Waals surface area (Å²) in [6.07, 6.45) is 5.97. The molecule has 0 bridgehead atoms. The molecule has 0 amide bonds. The molecule has 16 heavy (non-hydrogen) atoms. The molecule has 2 aliphatic rings. The van der Waals surface area contributed by atoms with Gasteiger partial charge in [0.2, 0.25) is 0 Å².